The maximum Gasteiger partial charge on any atom is 0.274 e. The van der Waals surface area contributed by atoms with E-state index in [1.807, 2.05) is 11.9 Å². The average molecular weight is 412 g/mol. The molecule has 1 aromatic carbocycles. The maximum absolute atomic E-state index is 13.3. The van der Waals surface area contributed by atoms with Gasteiger partial charge < -0.3 is 14.7 Å². The number of carbonyl (C=O) groups is 1. The number of hydrogen-bond donors (Lipinski definition) is 0. The number of fused-ring (bicyclic) bond motifs is 6. The zero-order valence-corrected chi connectivity index (χ0v) is 18.1. The van der Waals surface area contributed by atoms with E-state index in [-0.39, 0.29) is 5.91 Å². The molecule has 3 atom stereocenters. The molecule has 7 rings (SSSR count). The van der Waals surface area contributed by atoms with Gasteiger partial charge in [0.15, 0.2) is 0 Å². The summed E-state index contributed by atoms with van der Waals surface area (Å²) in [5, 5.41) is 1.01. The molecule has 6 heterocycles. The van der Waals surface area contributed by atoms with Gasteiger partial charge in [0.25, 0.3) is 5.91 Å². The highest BCUT2D eigenvalue weighted by molar-refractivity contribution is 7.13. The van der Waals surface area contributed by atoms with Crippen molar-refractivity contribution in [1.82, 2.24) is 19.1 Å². The van der Waals surface area contributed by atoms with E-state index >= 15 is 0 Å². The fraction of sp³-hybridized carbons (Fsp3) is 0.636. The maximum atomic E-state index is 13.3. The Morgan fingerprint density at radius 1 is 1.17 bits per heavy atom. The zero-order valence-electron chi connectivity index (χ0n) is 17.3. The highest BCUT2D eigenvalue weighted by atomic mass is 32.1. The normalized spacial score (nSPS) is 33.7. The smallest absolute Gasteiger partial charge is 0.274 e. The molecular weight excluding hydrogens is 382 g/mol. The van der Waals surface area contributed by atoms with E-state index in [4.69, 9.17) is 0 Å². The Balaban J connectivity index is 1.25. The number of anilines is 1. The van der Waals surface area contributed by atoms with Crippen LogP contribution in [-0.4, -0.2) is 89.9 Å². The Labute approximate surface area is 176 Å². The van der Waals surface area contributed by atoms with E-state index in [9.17, 15) is 4.79 Å². The third-order valence-electron chi connectivity index (χ3n) is 7.94. The number of piperazine rings is 1. The molecule has 29 heavy (non-hydrogen) atoms. The summed E-state index contributed by atoms with van der Waals surface area (Å²) in [6.45, 7) is 5.67. The second-order valence-corrected chi connectivity index (χ2v) is 10.3. The molecule has 0 saturated carbocycles. The Morgan fingerprint density at radius 3 is 2.66 bits per heavy atom. The highest BCUT2D eigenvalue weighted by Crippen LogP contribution is 2.37. The minimum absolute atomic E-state index is 0.0876. The van der Waals surface area contributed by atoms with Crippen molar-refractivity contribution >= 4 is 33.2 Å². The minimum Gasteiger partial charge on any atom is -0.366 e. The van der Waals surface area contributed by atoms with Crippen molar-refractivity contribution in [2.45, 2.75) is 37.4 Å². The number of carbonyl (C=O) groups excluding carboxylic acids is 1. The van der Waals surface area contributed by atoms with Gasteiger partial charge in [-0.25, -0.2) is 0 Å². The lowest BCUT2D eigenvalue weighted by Crippen LogP contribution is -2.57. The first-order valence-electron chi connectivity index (χ1n) is 10.9. The molecular formula is C22H29N5OS. The van der Waals surface area contributed by atoms with Crippen molar-refractivity contribution in [2.24, 2.45) is 5.92 Å². The predicted molar refractivity (Wildman–Crippen MR) is 117 cm³/mol. The molecule has 0 N–H and O–H groups in total. The SMILES string of the molecule is CN1C[C@@H]2C[C@H]1CN2c1ccc2c(C(=O)N(C)[C@H]3CN4CCC3CC4)nsc2c1. The Morgan fingerprint density at radius 2 is 2.00 bits per heavy atom. The fourth-order valence-electron chi connectivity index (χ4n) is 6.13. The van der Waals surface area contributed by atoms with Gasteiger partial charge in [0.05, 0.1) is 4.70 Å². The fourth-order valence-corrected chi connectivity index (χ4v) is 6.93. The number of rotatable bonds is 3. The molecule has 154 valence electrons. The van der Waals surface area contributed by atoms with Crippen LogP contribution in [0.5, 0.6) is 0 Å². The molecule has 0 unspecified atom stereocenters. The van der Waals surface area contributed by atoms with Crippen LogP contribution in [0, 0.1) is 5.92 Å². The van der Waals surface area contributed by atoms with Gasteiger partial charge in [-0.05, 0) is 75.0 Å². The van der Waals surface area contributed by atoms with Crippen molar-refractivity contribution in [3.8, 4) is 0 Å². The second-order valence-electron chi connectivity index (χ2n) is 9.47. The van der Waals surface area contributed by atoms with E-state index < -0.39 is 0 Å². The van der Waals surface area contributed by atoms with Crippen LogP contribution in [0.3, 0.4) is 0 Å². The standard InChI is InChI=1S/C22H29N5OS/c1-24-11-17-9-16(24)12-27(17)15-3-4-18-20(10-15)29-23-21(18)22(28)25(2)19-13-26-7-5-14(19)6-8-26/h3-4,10,14,16-17,19H,5-9,11-13H2,1-2H3/t16-,17-,19-/m0/s1. The Kier molecular flexibility index (Phi) is 4.15. The lowest BCUT2D eigenvalue weighted by atomic mass is 9.83. The summed E-state index contributed by atoms with van der Waals surface area (Å²) in [6.07, 6.45) is 3.71. The van der Waals surface area contributed by atoms with Crippen LogP contribution in [0.2, 0.25) is 0 Å². The van der Waals surface area contributed by atoms with Crippen LogP contribution in [0.1, 0.15) is 29.8 Å². The van der Waals surface area contributed by atoms with Crippen molar-refractivity contribution in [2.75, 3.05) is 51.7 Å². The molecule has 0 aliphatic carbocycles. The molecule has 7 heteroatoms. The number of piperidine rings is 3. The molecule has 0 spiro atoms. The van der Waals surface area contributed by atoms with Gasteiger partial charge >= 0.3 is 0 Å². The summed E-state index contributed by atoms with van der Waals surface area (Å²) in [6, 6.07) is 8.21. The highest BCUT2D eigenvalue weighted by Gasteiger charge is 2.42. The molecule has 4 bridgehead atoms. The summed E-state index contributed by atoms with van der Waals surface area (Å²) in [4.78, 5) is 22.8. The number of aromatic nitrogens is 1. The zero-order chi connectivity index (χ0) is 19.7. The largest absolute Gasteiger partial charge is 0.366 e. The molecule has 1 amide bonds. The van der Waals surface area contributed by atoms with Gasteiger partial charge in [-0.15, -0.1) is 0 Å². The van der Waals surface area contributed by atoms with Gasteiger partial charge in [-0.3, -0.25) is 9.69 Å². The van der Waals surface area contributed by atoms with Crippen LogP contribution >= 0.6 is 11.5 Å². The van der Waals surface area contributed by atoms with E-state index in [0.29, 0.717) is 29.7 Å². The van der Waals surface area contributed by atoms with Crippen molar-refractivity contribution < 1.29 is 4.79 Å². The van der Waals surface area contributed by atoms with Gasteiger partial charge in [0.1, 0.15) is 5.69 Å². The first-order chi connectivity index (χ1) is 14.1. The molecule has 5 aliphatic heterocycles. The summed E-state index contributed by atoms with van der Waals surface area (Å²) < 4.78 is 5.74. The topological polar surface area (TPSA) is 42.9 Å². The molecule has 0 radical (unpaired) electrons. The first-order valence-corrected chi connectivity index (χ1v) is 11.7. The van der Waals surface area contributed by atoms with Crippen LogP contribution in [0.4, 0.5) is 5.69 Å². The van der Waals surface area contributed by atoms with Crippen LogP contribution in [0.25, 0.3) is 10.1 Å². The van der Waals surface area contributed by atoms with E-state index in [0.717, 1.165) is 29.7 Å². The third-order valence-corrected chi connectivity index (χ3v) is 8.75. The van der Waals surface area contributed by atoms with Gasteiger partial charge in [-0.1, -0.05) is 0 Å². The van der Waals surface area contributed by atoms with Crippen LogP contribution in [-0.2, 0) is 0 Å². The quantitative estimate of drug-likeness (QED) is 0.776. The predicted octanol–water partition coefficient (Wildman–Crippen LogP) is 2.36. The Hall–Kier alpha value is -1.70. The number of likely N-dealkylation sites (N-methyl/N-ethyl adjacent to an activating group) is 2. The summed E-state index contributed by atoms with van der Waals surface area (Å²) >= 11 is 1.47. The van der Waals surface area contributed by atoms with Crippen LogP contribution < -0.4 is 4.90 Å². The van der Waals surface area contributed by atoms with E-state index in [1.54, 1.807) is 0 Å². The van der Waals surface area contributed by atoms with Crippen molar-refractivity contribution in [3.63, 3.8) is 0 Å². The van der Waals surface area contributed by atoms with Crippen molar-refractivity contribution in [3.05, 3.63) is 23.9 Å². The molecule has 5 saturated heterocycles. The second kappa shape index (κ2) is 6.65. The number of benzene rings is 1. The number of hydrogen-bond acceptors (Lipinski definition) is 6. The number of nitrogens with zero attached hydrogens (tertiary/aromatic N) is 5. The van der Waals surface area contributed by atoms with Crippen molar-refractivity contribution in [1.29, 1.82) is 0 Å². The molecule has 1 aromatic heterocycles. The van der Waals surface area contributed by atoms with E-state index in [2.05, 4.69) is 44.3 Å². The summed E-state index contributed by atoms with van der Waals surface area (Å²) in [5.41, 5.74) is 1.92. The monoisotopic (exact) mass is 411 g/mol. The minimum atomic E-state index is 0.0876. The molecule has 5 aliphatic rings. The molecule has 2 aromatic rings. The summed E-state index contributed by atoms with van der Waals surface area (Å²) in [7, 11) is 4.21. The average Bonchev–Trinajstić information content (AvgIpc) is 3.46. The summed E-state index contributed by atoms with van der Waals surface area (Å²) in [5.74, 6) is 0.735. The van der Waals surface area contributed by atoms with Gasteiger partial charge in [-0.2, -0.15) is 4.37 Å². The van der Waals surface area contributed by atoms with Gasteiger partial charge in [0.2, 0.25) is 0 Å². The van der Waals surface area contributed by atoms with Gasteiger partial charge in [0, 0.05) is 55.9 Å². The molecule has 5 fully saturated rings. The third kappa shape index (κ3) is 2.81. The lowest BCUT2D eigenvalue weighted by Gasteiger charge is -2.47. The Bertz CT molecular complexity index is 950. The van der Waals surface area contributed by atoms with Crippen LogP contribution in [0.15, 0.2) is 18.2 Å². The van der Waals surface area contributed by atoms with E-state index in [1.165, 1.54) is 49.6 Å². The first kappa shape index (κ1) is 18.1. The number of amides is 1. The molecule has 6 nitrogen and oxygen atoms in total. The number of likely N-dealkylation sites (tertiary alicyclic amines) is 1. The lowest BCUT2D eigenvalue weighted by molar-refractivity contribution is 0.0161.